The summed E-state index contributed by atoms with van der Waals surface area (Å²) in [4.78, 5) is 0. The van der Waals surface area contributed by atoms with Crippen LogP contribution in [0.1, 0.15) is 32.1 Å². The molecule has 0 amide bonds. The second-order valence-corrected chi connectivity index (χ2v) is 6.58. The second kappa shape index (κ2) is 21.2. The maximum Gasteiger partial charge on any atom is 0.104 e. The molecule has 1 aliphatic heterocycles. The fourth-order valence-corrected chi connectivity index (χ4v) is 2.57. The third kappa shape index (κ3) is 17.6. The van der Waals surface area contributed by atoms with Gasteiger partial charge >= 0.3 is 0 Å². The summed E-state index contributed by atoms with van der Waals surface area (Å²) < 4.78 is 39.2. The molecule has 0 spiro atoms. The van der Waals surface area contributed by atoms with Crippen molar-refractivity contribution in [3.8, 4) is 0 Å². The van der Waals surface area contributed by atoms with Gasteiger partial charge in [-0.2, -0.15) is 0 Å². The number of hydrogen-bond acceptors (Lipinski definition) is 7. The fourth-order valence-electron chi connectivity index (χ4n) is 2.57. The average molecular weight is 405 g/mol. The number of rotatable bonds is 9. The van der Waals surface area contributed by atoms with E-state index in [1.807, 2.05) is 6.08 Å². The highest BCUT2D eigenvalue weighted by atomic mass is 16.6. The maximum atomic E-state index is 5.86. The van der Waals surface area contributed by atoms with Gasteiger partial charge in [-0.25, -0.2) is 0 Å². The normalized spacial score (nSPS) is 22.2. The van der Waals surface area contributed by atoms with Gasteiger partial charge in [-0.15, -0.1) is 6.58 Å². The van der Waals surface area contributed by atoms with Crippen LogP contribution in [0.2, 0.25) is 0 Å². The predicted molar refractivity (Wildman–Crippen MR) is 108 cm³/mol. The first-order valence-corrected chi connectivity index (χ1v) is 10.6. The van der Waals surface area contributed by atoms with Crippen molar-refractivity contribution in [2.75, 3.05) is 85.9 Å². The monoisotopic (exact) mass is 404 g/mol. The number of unbranched alkanes of at least 4 members (excludes halogenated alkanes) is 4. The van der Waals surface area contributed by atoms with Crippen molar-refractivity contribution in [2.24, 2.45) is 0 Å². The zero-order valence-electron chi connectivity index (χ0n) is 17.4. The van der Waals surface area contributed by atoms with Gasteiger partial charge in [0.2, 0.25) is 0 Å². The predicted octanol–water partition coefficient (Wildman–Crippen LogP) is 2.62. The van der Waals surface area contributed by atoms with Crippen molar-refractivity contribution in [1.82, 2.24) is 0 Å². The van der Waals surface area contributed by atoms with Gasteiger partial charge in [-0.3, -0.25) is 0 Å². The summed E-state index contributed by atoms with van der Waals surface area (Å²) in [5, 5.41) is 0. The lowest BCUT2D eigenvalue weighted by atomic mass is 10.1. The minimum Gasteiger partial charge on any atom is -0.379 e. The SMILES string of the molecule is C=CCCCCCCOCC1COCCOCCOCCOCCOCCO1. The first-order chi connectivity index (χ1) is 13.9. The number of hydrogen-bond donors (Lipinski definition) is 0. The highest BCUT2D eigenvalue weighted by Gasteiger charge is 2.10. The van der Waals surface area contributed by atoms with Crippen molar-refractivity contribution in [3.05, 3.63) is 12.7 Å². The number of ether oxygens (including phenoxy) is 7. The van der Waals surface area contributed by atoms with Gasteiger partial charge in [0.1, 0.15) is 6.10 Å². The molecule has 0 aromatic heterocycles. The van der Waals surface area contributed by atoms with Crippen LogP contribution in [0.25, 0.3) is 0 Å². The first kappa shape index (κ1) is 25.5. The van der Waals surface area contributed by atoms with E-state index in [9.17, 15) is 0 Å². The van der Waals surface area contributed by atoms with E-state index in [1.165, 1.54) is 19.3 Å². The zero-order valence-corrected chi connectivity index (χ0v) is 17.4. The van der Waals surface area contributed by atoms with Crippen LogP contribution in [-0.2, 0) is 33.2 Å². The molecule has 0 radical (unpaired) electrons. The molecule has 0 aliphatic carbocycles. The van der Waals surface area contributed by atoms with Crippen LogP contribution < -0.4 is 0 Å². The highest BCUT2D eigenvalue weighted by Crippen LogP contribution is 2.04. The van der Waals surface area contributed by atoms with E-state index < -0.39 is 0 Å². The Hall–Kier alpha value is -0.540. The molecular formula is C21H40O7. The molecule has 0 aromatic rings. The molecule has 28 heavy (non-hydrogen) atoms. The molecule has 1 saturated heterocycles. The van der Waals surface area contributed by atoms with E-state index in [2.05, 4.69) is 6.58 Å². The van der Waals surface area contributed by atoms with E-state index in [1.54, 1.807) is 0 Å². The Morgan fingerprint density at radius 3 is 1.82 bits per heavy atom. The lowest BCUT2D eigenvalue weighted by Crippen LogP contribution is -2.28. The third-order valence-electron chi connectivity index (χ3n) is 4.12. The van der Waals surface area contributed by atoms with Crippen LogP contribution in [0, 0.1) is 0 Å². The second-order valence-electron chi connectivity index (χ2n) is 6.58. The molecule has 0 aromatic carbocycles. The van der Waals surface area contributed by atoms with Crippen LogP contribution in [0.5, 0.6) is 0 Å². The van der Waals surface area contributed by atoms with Crippen LogP contribution in [0.3, 0.4) is 0 Å². The highest BCUT2D eigenvalue weighted by molar-refractivity contribution is 4.65. The average Bonchev–Trinajstić information content (AvgIpc) is 2.71. The molecule has 1 unspecified atom stereocenters. The van der Waals surface area contributed by atoms with Gasteiger partial charge in [-0.05, 0) is 19.3 Å². The van der Waals surface area contributed by atoms with E-state index in [4.69, 9.17) is 33.2 Å². The van der Waals surface area contributed by atoms with E-state index in [0.29, 0.717) is 79.3 Å². The summed E-state index contributed by atoms with van der Waals surface area (Å²) in [5.41, 5.74) is 0. The van der Waals surface area contributed by atoms with Gasteiger partial charge < -0.3 is 33.2 Å². The molecule has 1 rings (SSSR count). The Bertz CT molecular complexity index is 310. The standard InChI is InChI=1S/C21H40O7/c1-2-3-4-5-6-7-8-26-19-21-20-27-16-15-24-12-11-22-9-10-23-13-14-25-17-18-28-21/h2,21H,1,3-20H2. The largest absolute Gasteiger partial charge is 0.379 e. The van der Waals surface area contributed by atoms with Gasteiger partial charge in [0.25, 0.3) is 0 Å². The minimum atomic E-state index is -0.0946. The van der Waals surface area contributed by atoms with Crippen LogP contribution in [0.15, 0.2) is 12.7 Å². The topological polar surface area (TPSA) is 64.6 Å². The smallest absolute Gasteiger partial charge is 0.104 e. The first-order valence-electron chi connectivity index (χ1n) is 10.6. The summed E-state index contributed by atoms with van der Waals surface area (Å²) in [6.07, 6.45) is 7.67. The van der Waals surface area contributed by atoms with Gasteiger partial charge in [0.15, 0.2) is 0 Å². The lowest BCUT2D eigenvalue weighted by Gasteiger charge is -2.19. The molecule has 1 atom stereocenters. The molecule has 1 aliphatic rings. The Kier molecular flexibility index (Phi) is 19.3. The van der Waals surface area contributed by atoms with Crippen molar-refractivity contribution in [3.63, 3.8) is 0 Å². The van der Waals surface area contributed by atoms with Crippen molar-refractivity contribution in [2.45, 2.75) is 38.2 Å². The van der Waals surface area contributed by atoms with Gasteiger partial charge in [0.05, 0.1) is 79.3 Å². The van der Waals surface area contributed by atoms with Crippen molar-refractivity contribution < 1.29 is 33.2 Å². The Morgan fingerprint density at radius 1 is 0.679 bits per heavy atom. The Morgan fingerprint density at radius 2 is 1.21 bits per heavy atom. The molecule has 166 valence electrons. The van der Waals surface area contributed by atoms with Crippen LogP contribution in [0.4, 0.5) is 0 Å². The third-order valence-corrected chi connectivity index (χ3v) is 4.12. The van der Waals surface area contributed by atoms with E-state index in [-0.39, 0.29) is 6.10 Å². The Labute approximate surface area is 170 Å². The fraction of sp³-hybridized carbons (Fsp3) is 0.905. The van der Waals surface area contributed by atoms with Crippen molar-refractivity contribution in [1.29, 1.82) is 0 Å². The summed E-state index contributed by atoms with van der Waals surface area (Å²) in [6, 6.07) is 0. The molecule has 1 fully saturated rings. The Balaban J connectivity index is 2.15. The molecule has 7 heteroatoms. The van der Waals surface area contributed by atoms with Crippen LogP contribution >= 0.6 is 0 Å². The molecule has 1 heterocycles. The van der Waals surface area contributed by atoms with Crippen molar-refractivity contribution >= 4 is 0 Å². The maximum absolute atomic E-state index is 5.86. The van der Waals surface area contributed by atoms with E-state index >= 15 is 0 Å². The van der Waals surface area contributed by atoms with Gasteiger partial charge in [-0.1, -0.05) is 18.9 Å². The zero-order chi connectivity index (χ0) is 20.0. The summed E-state index contributed by atoms with van der Waals surface area (Å²) in [7, 11) is 0. The molecule has 0 bridgehead atoms. The van der Waals surface area contributed by atoms with Crippen LogP contribution in [-0.4, -0.2) is 92.0 Å². The summed E-state index contributed by atoms with van der Waals surface area (Å²) in [5.74, 6) is 0. The summed E-state index contributed by atoms with van der Waals surface area (Å²) >= 11 is 0. The van der Waals surface area contributed by atoms with Gasteiger partial charge in [0, 0.05) is 6.61 Å². The molecular weight excluding hydrogens is 364 g/mol. The molecule has 7 nitrogen and oxygen atoms in total. The lowest BCUT2D eigenvalue weighted by molar-refractivity contribution is -0.0846. The molecule has 0 N–H and O–H groups in total. The molecule has 0 saturated carbocycles. The minimum absolute atomic E-state index is 0.0946. The number of allylic oxidation sites excluding steroid dienone is 1. The summed E-state index contributed by atoms with van der Waals surface area (Å²) in [6.45, 7) is 11.0. The van der Waals surface area contributed by atoms with E-state index in [0.717, 1.165) is 19.4 Å². The quantitative estimate of drug-likeness (QED) is 0.432.